The summed E-state index contributed by atoms with van der Waals surface area (Å²) in [5, 5.41) is 2.85. The molecule has 4 heteroatoms. The topological polar surface area (TPSA) is 58.4 Å². The van der Waals surface area contributed by atoms with Crippen molar-refractivity contribution in [2.75, 3.05) is 13.1 Å². The van der Waals surface area contributed by atoms with E-state index in [0.29, 0.717) is 5.92 Å². The number of likely N-dealkylation sites (tertiary alicyclic amines) is 1. The standard InChI is InChI=1S/C9H19N3O/c1-6(2)11-9(13)12-4-8(5-12)7(3)10/h6-8H,4-5,10H2,1-3H3,(H,11,13). The number of carbonyl (C=O) groups excluding carboxylic acids is 1. The summed E-state index contributed by atoms with van der Waals surface area (Å²) in [6.45, 7) is 7.51. The van der Waals surface area contributed by atoms with Gasteiger partial charge in [-0.15, -0.1) is 0 Å². The summed E-state index contributed by atoms with van der Waals surface area (Å²) >= 11 is 0. The van der Waals surface area contributed by atoms with Crippen molar-refractivity contribution < 1.29 is 4.79 Å². The Labute approximate surface area is 79.5 Å². The lowest BCUT2D eigenvalue weighted by Crippen LogP contribution is -2.58. The number of hydrogen-bond acceptors (Lipinski definition) is 2. The molecule has 0 saturated carbocycles. The number of nitrogens with zero attached hydrogens (tertiary/aromatic N) is 1. The molecule has 0 aromatic rings. The highest BCUT2D eigenvalue weighted by Crippen LogP contribution is 2.17. The van der Waals surface area contributed by atoms with E-state index < -0.39 is 0 Å². The lowest BCUT2D eigenvalue weighted by atomic mass is 9.94. The molecule has 1 fully saturated rings. The number of urea groups is 1. The smallest absolute Gasteiger partial charge is 0.317 e. The average molecular weight is 185 g/mol. The molecule has 1 aliphatic rings. The van der Waals surface area contributed by atoms with Crippen LogP contribution in [0, 0.1) is 5.92 Å². The zero-order valence-electron chi connectivity index (χ0n) is 8.58. The molecular formula is C9H19N3O. The molecule has 13 heavy (non-hydrogen) atoms. The molecule has 0 spiro atoms. The van der Waals surface area contributed by atoms with E-state index in [1.54, 1.807) is 4.90 Å². The third kappa shape index (κ3) is 2.59. The van der Waals surface area contributed by atoms with Crippen LogP contribution in [0.25, 0.3) is 0 Å². The summed E-state index contributed by atoms with van der Waals surface area (Å²) < 4.78 is 0. The Balaban J connectivity index is 2.23. The summed E-state index contributed by atoms with van der Waals surface area (Å²) in [5.41, 5.74) is 5.70. The molecule has 0 radical (unpaired) electrons. The van der Waals surface area contributed by atoms with Crippen molar-refractivity contribution in [2.45, 2.75) is 32.9 Å². The van der Waals surface area contributed by atoms with Gasteiger partial charge in [0, 0.05) is 31.1 Å². The molecule has 1 unspecified atom stereocenters. The molecule has 0 aromatic carbocycles. The van der Waals surface area contributed by atoms with E-state index in [-0.39, 0.29) is 18.1 Å². The Morgan fingerprint density at radius 2 is 2.00 bits per heavy atom. The van der Waals surface area contributed by atoms with Crippen LogP contribution in [0.3, 0.4) is 0 Å². The molecule has 0 bridgehead atoms. The van der Waals surface area contributed by atoms with E-state index in [2.05, 4.69) is 5.32 Å². The van der Waals surface area contributed by atoms with Gasteiger partial charge in [-0.1, -0.05) is 0 Å². The van der Waals surface area contributed by atoms with Crippen LogP contribution in [0.1, 0.15) is 20.8 Å². The highest BCUT2D eigenvalue weighted by Gasteiger charge is 2.32. The van der Waals surface area contributed by atoms with Crippen molar-refractivity contribution in [3.8, 4) is 0 Å². The molecule has 1 aliphatic heterocycles. The molecule has 1 atom stereocenters. The van der Waals surface area contributed by atoms with Gasteiger partial charge in [0.05, 0.1) is 0 Å². The molecular weight excluding hydrogens is 166 g/mol. The minimum Gasteiger partial charge on any atom is -0.336 e. The van der Waals surface area contributed by atoms with E-state index in [4.69, 9.17) is 5.73 Å². The predicted octanol–water partition coefficient (Wildman–Crippen LogP) is 0.383. The molecule has 0 aromatic heterocycles. The largest absolute Gasteiger partial charge is 0.336 e. The second kappa shape index (κ2) is 3.96. The van der Waals surface area contributed by atoms with Crippen LogP contribution in [0.4, 0.5) is 4.79 Å². The fourth-order valence-corrected chi connectivity index (χ4v) is 1.35. The van der Waals surface area contributed by atoms with Crippen molar-refractivity contribution in [1.82, 2.24) is 10.2 Å². The second-order valence-electron chi connectivity index (χ2n) is 4.13. The SMILES string of the molecule is CC(C)NC(=O)N1CC(C(C)N)C1. The van der Waals surface area contributed by atoms with Crippen LogP contribution < -0.4 is 11.1 Å². The minimum atomic E-state index is 0.0342. The number of amides is 2. The Kier molecular flexibility index (Phi) is 3.14. The molecule has 2 amide bonds. The van der Waals surface area contributed by atoms with Gasteiger partial charge in [-0.25, -0.2) is 4.79 Å². The fourth-order valence-electron chi connectivity index (χ4n) is 1.35. The third-order valence-electron chi connectivity index (χ3n) is 2.35. The van der Waals surface area contributed by atoms with Gasteiger partial charge in [0.1, 0.15) is 0 Å². The van der Waals surface area contributed by atoms with Gasteiger partial charge in [0.15, 0.2) is 0 Å². The Hall–Kier alpha value is -0.770. The molecule has 1 heterocycles. The van der Waals surface area contributed by atoms with E-state index in [0.717, 1.165) is 13.1 Å². The lowest BCUT2D eigenvalue weighted by molar-refractivity contribution is 0.107. The predicted molar refractivity (Wildman–Crippen MR) is 52.4 cm³/mol. The quantitative estimate of drug-likeness (QED) is 0.653. The third-order valence-corrected chi connectivity index (χ3v) is 2.35. The van der Waals surface area contributed by atoms with E-state index in [1.165, 1.54) is 0 Å². The zero-order valence-corrected chi connectivity index (χ0v) is 8.58. The first-order valence-corrected chi connectivity index (χ1v) is 4.81. The van der Waals surface area contributed by atoms with Gasteiger partial charge in [-0.2, -0.15) is 0 Å². The van der Waals surface area contributed by atoms with E-state index in [9.17, 15) is 4.79 Å². The first-order chi connectivity index (χ1) is 6.00. The van der Waals surface area contributed by atoms with Crippen LogP contribution in [-0.2, 0) is 0 Å². The highest BCUT2D eigenvalue weighted by molar-refractivity contribution is 5.75. The first-order valence-electron chi connectivity index (χ1n) is 4.81. The molecule has 4 nitrogen and oxygen atoms in total. The van der Waals surface area contributed by atoms with Gasteiger partial charge in [0.25, 0.3) is 0 Å². The fraction of sp³-hybridized carbons (Fsp3) is 0.889. The van der Waals surface area contributed by atoms with Crippen molar-refractivity contribution in [2.24, 2.45) is 11.7 Å². The summed E-state index contributed by atoms with van der Waals surface area (Å²) in [7, 11) is 0. The van der Waals surface area contributed by atoms with Gasteiger partial charge < -0.3 is 16.0 Å². The molecule has 76 valence electrons. The number of nitrogens with two attached hydrogens (primary N) is 1. The lowest BCUT2D eigenvalue weighted by Gasteiger charge is -2.41. The van der Waals surface area contributed by atoms with E-state index in [1.807, 2.05) is 20.8 Å². The van der Waals surface area contributed by atoms with Crippen LogP contribution in [0.15, 0.2) is 0 Å². The molecule has 1 saturated heterocycles. The van der Waals surface area contributed by atoms with Gasteiger partial charge in [0.2, 0.25) is 0 Å². The summed E-state index contributed by atoms with van der Waals surface area (Å²) in [4.78, 5) is 13.2. The van der Waals surface area contributed by atoms with Crippen molar-refractivity contribution in [3.05, 3.63) is 0 Å². The maximum Gasteiger partial charge on any atom is 0.317 e. The summed E-state index contributed by atoms with van der Waals surface area (Å²) in [5.74, 6) is 0.484. The van der Waals surface area contributed by atoms with Crippen LogP contribution in [0.5, 0.6) is 0 Å². The zero-order chi connectivity index (χ0) is 10.0. The van der Waals surface area contributed by atoms with Crippen molar-refractivity contribution >= 4 is 6.03 Å². The minimum absolute atomic E-state index is 0.0342. The maximum atomic E-state index is 11.4. The van der Waals surface area contributed by atoms with Crippen molar-refractivity contribution in [3.63, 3.8) is 0 Å². The Morgan fingerprint density at radius 1 is 1.46 bits per heavy atom. The molecule has 3 N–H and O–H groups in total. The number of carbonyl (C=O) groups is 1. The Bertz CT molecular complexity index is 185. The Morgan fingerprint density at radius 3 is 2.38 bits per heavy atom. The molecule has 1 rings (SSSR count). The first kappa shape index (κ1) is 10.3. The molecule has 0 aliphatic carbocycles. The number of hydrogen-bond donors (Lipinski definition) is 2. The number of nitrogens with one attached hydrogen (secondary N) is 1. The normalized spacial score (nSPS) is 19.9. The van der Waals surface area contributed by atoms with Crippen LogP contribution in [-0.4, -0.2) is 36.1 Å². The second-order valence-corrected chi connectivity index (χ2v) is 4.13. The number of rotatable bonds is 2. The van der Waals surface area contributed by atoms with Gasteiger partial charge in [-0.3, -0.25) is 0 Å². The summed E-state index contributed by atoms with van der Waals surface area (Å²) in [6.07, 6.45) is 0. The highest BCUT2D eigenvalue weighted by atomic mass is 16.2. The van der Waals surface area contributed by atoms with E-state index >= 15 is 0 Å². The average Bonchev–Trinajstić information content (AvgIpc) is 1.79. The van der Waals surface area contributed by atoms with Gasteiger partial charge >= 0.3 is 6.03 Å². The van der Waals surface area contributed by atoms with Crippen LogP contribution in [0.2, 0.25) is 0 Å². The summed E-state index contributed by atoms with van der Waals surface area (Å²) in [6, 6.07) is 0.442. The van der Waals surface area contributed by atoms with Gasteiger partial charge in [-0.05, 0) is 20.8 Å². The maximum absolute atomic E-state index is 11.4. The van der Waals surface area contributed by atoms with Crippen molar-refractivity contribution in [1.29, 1.82) is 0 Å². The van der Waals surface area contributed by atoms with Crippen LogP contribution >= 0.6 is 0 Å². The monoisotopic (exact) mass is 185 g/mol.